The summed E-state index contributed by atoms with van der Waals surface area (Å²) in [5, 5.41) is 14.1. The molecule has 2 amide bonds. The van der Waals surface area contributed by atoms with Gasteiger partial charge in [0.05, 0.1) is 6.07 Å². The molecule has 0 heterocycles. The van der Waals surface area contributed by atoms with Gasteiger partial charge in [-0.3, -0.25) is 0 Å². The van der Waals surface area contributed by atoms with Crippen LogP contribution in [-0.2, 0) is 0 Å². The lowest BCUT2D eigenvalue weighted by Crippen LogP contribution is -2.36. The highest BCUT2D eigenvalue weighted by molar-refractivity contribution is 5.73. The fourth-order valence-electron chi connectivity index (χ4n) is 1.88. The van der Waals surface area contributed by atoms with E-state index in [9.17, 15) is 4.79 Å². The standard InChI is InChI=1S/C15H29N3O/c1-2-3-4-5-7-10-13-17-15(19)18-14-11-8-6-9-12-16/h2-11,13-14H2,1H3,(H2,17,18,19). The van der Waals surface area contributed by atoms with Gasteiger partial charge in [-0.2, -0.15) is 5.26 Å². The summed E-state index contributed by atoms with van der Waals surface area (Å²) in [6.07, 6.45) is 10.9. The summed E-state index contributed by atoms with van der Waals surface area (Å²) in [6.45, 7) is 3.69. The van der Waals surface area contributed by atoms with Crippen LogP contribution in [0.5, 0.6) is 0 Å². The van der Waals surface area contributed by atoms with Crippen LogP contribution >= 0.6 is 0 Å². The number of hydrogen-bond acceptors (Lipinski definition) is 2. The molecular formula is C15H29N3O. The fourth-order valence-corrected chi connectivity index (χ4v) is 1.88. The molecule has 0 saturated heterocycles. The summed E-state index contributed by atoms with van der Waals surface area (Å²) in [5.74, 6) is 0. The summed E-state index contributed by atoms with van der Waals surface area (Å²) < 4.78 is 0. The monoisotopic (exact) mass is 267 g/mol. The van der Waals surface area contributed by atoms with E-state index in [1.807, 2.05) is 0 Å². The number of nitriles is 1. The topological polar surface area (TPSA) is 64.9 Å². The maximum Gasteiger partial charge on any atom is 0.314 e. The van der Waals surface area contributed by atoms with Crippen molar-refractivity contribution in [1.29, 1.82) is 5.26 Å². The van der Waals surface area contributed by atoms with Gasteiger partial charge < -0.3 is 10.6 Å². The van der Waals surface area contributed by atoms with Crippen molar-refractivity contribution in [1.82, 2.24) is 10.6 Å². The van der Waals surface area contributed by atoms with E-state index in [0.29, 0.717) is 13.0 Å². The van der Waals surface area contributed by atoms with Crippen LogP contribution in [0.2, 0.25) is 0 Å². The van der Waals surface area contributed by atoms with E-state index in [2.05, 4.69) is 23.6 Å². The van der Waals surface area contributed by atoms with Crippen LogP contribution in [0, 0.1) is 11.3 Å². The molecule has 4 heteroatoms. The Balaban J connectivity index is 3.15. The molecule has 0 bridgehead atoms. The van der Waals surface area contributed by atoms with Crippen molar-refractivity contribution in [3.63, 3.8) is 0 Å². The van der Waals surface area contributed by atoms with Gasteiger partial charge >= 0.3 is 6.03 Å². The Kier molecular flexibility index (Phi) is 13.9. The van der Waals surface area contributed by atoms with Gasteiger partial charge in [-0.05, 0) is 19.3 Å². The molecule has 0 aliphatic rings. The Bertz CT molecular complexity index is 248. The SMILES string of the molecule is CCCCCCCCNC(=O)NCCCCCC#N. The van der Waals surface area contributed by atoms with Crippen LogP contribution < -0.4 is 10.6 Å². The van der Waals surface area contributed by atoms with Crippen LogP contribution in [-0.4, -0.2) is 19.1 Å². The van der Waals surface area contributed by atoms with E-state index < -0.39 is 0 Å². The Labute approximate surface area is 118 Å². The van der Waals surface area contributed by atoms with Crippen LogP contribution in [0.4, 0.5) is 4.79 Å². The highest BCUT2D eigenvalue weighted by Gasteiger charge is 1.98. The van der Waals surface area contributed by atoms with Crippen LogP contribution in [0.15, 0.2) is 0 Å². The third-order valence-corrected chi connectivity index (χ3v) is 3.07. The smallest absolute Gasteiger partial charge is 0.314 e. The maximum atomic E-state index is 11.4. The zero-order valence-electron chi connectivity index (χ0n) is 12.3. The molecule has 0 saturated carbocycles. The minimum absolute atomic E-state index is 0.0613. The van der Waals surface area contributed by atoms with Crippen LogP contribution in [0.1, 0.15) is 71.1 Å². The number of nitrogens with zero attached hydrogens (tertiary/aromatic N) is 1. The Morgan fingerprint density at radius 3 is 2.00 bits per heavy atom. The van der Waals surface area contributed by atoms with Crippen molar-refractivity contribution in [2.24, 2.45) is 0 Å². The average molecular weight is 267 g/mol. The molecule has 0 aromatic heterocycles. The zero-order valence-corrected chi connectivity index (χ0v) is 12.3. The minimum atomic E-state index is -0.0613. The molecule has 2 N–H and O–H groups in total. The number of unbranched alkanes of at least 4 members (excludes halogenated alkanes) is 8. The van der Waals surface area contributed by atoms with Crippen molar-refractivity contribution < 1.29 is 4.79 Å². The highest BCUT2D eigenvalue weighted by Crippen LogP contribution is 2.03. The summed E-state index contributed by atoms with van der Waals surface area (Å²) in [6, 6.07) is 2.06. The predicted molar refractivity (Wildman–Crippen MR) is 78.9 cm³/mol. The van der Waals surface area contributed by atoms with Crippen molar-refractivity contribution >= 4 is 6.03 Å². The first-order valence-corrected chi connectivity index (χ1v) is 7.70. The van der Waals surface area contributed by atoms with E-state index >= 15 is 0 Å². The summed E-state index contributed by atoms with van der Waals surface area (Å²) in [5.41, 5.74) is 0. The molecule has 0 spiro atoms. The lowest BCUT2D eigenvalue weighted by atomic mass is 10.1. The Morgan fingerprint density at radius 2 is 1.42 bits per heavy atom. The zero-order chi connectivity index (χ0) is 14.2. The lowest BCUT2D eigenvalue weighted by Gasteiger charge is -2.07. The molecule has 0 radical (unpaired) electrons. The van der Waals surface area contributed by atoms with Gasteiger partial charge in [-0.15, -0.1) is 0 Å². The van der Waals surface area contributed by atoms with Gasteiger partial charge in [0.25, 0.3) is 0 Å². The predicted octanol–water partition coefficient (Wildman–Crippen LogP) is 3.73. The van der Waals surface area contributed by atoms with Crippen molar-refractivity contribution in [2.75, 3.05) is 13.1 Å². The van der Waals surface area contributed by atoms with E-state index in [0.717, 1.165) is 32.2 Å². The molecule has 0 aromatic carbocycles. The number of carbonyl (C=O) groups excluding carboxylic acids is 1. The Morgan fingerprint density at radius 1 is 0.895 bits per heavy atom. The molecule has 0 atom stereocenters. The highest BCUT2D eigenvalue weighted by atomic mass is 16.2. The lowest BCUT2D eigenvalue weighted by molar-refractivity contribution is 0.240. The van der Waals surface area contributed by atoms with Gasteiger partial charge in [-0.25, -0.2) is 4.79 Å². The molecular weight excluding hydrogens is 238 g/mol. The van der Waals surface area contributed by atoms with Crippen molar-refractivity contribution in [2.45, 2.75) is 71.1 Å². The normalized spacial score (nSPS) is 9.89. The first-order chi connectivity index (χ1) is 9.31. The quantitative estimate of drug-likeness (QED) is 0.529. The molecule has 0 aliphatic heterocycles. The van der Waals surface area contributed by atoms with Gasteiger partial charge in [0.15, 0.2) is 0 Å². The van der Waals surface area contributed by atoms with Crippen molar-refractivity contribution in [3.05, 3.63) is 0 Å². The molecule has 0 fully saturated rings. The molecule has 0 rings (SSSR count). The second-order valence-corrected chi connectivity index (χ2v) is 4.92. The summed E-state index contributed by atoms with van der Waals surface area (Å²) in [7, 11) is 0. The molecule has 0 aliphatic carbocycles. The van der Waals surface area contributed by atoms with Gasteiger partial charge in [0.2, 0.25) is 0 Å². The van der Waals surface area contributed by atoms with E-state index in [-0.39, 0.29) is 6.03 Å². The Hall–Kier alpha value is -1.24. The third-order valence-electron chi connectivity index (χ3n) is 3.07. The summed E-state index contributed by atoms with van der Waals surface area (Å²) in [4.78, 5) is 11.4. The second-order valence-electron chi connectivity index (χ2n) is 4.92. The largest absolute Gasteiger partial charge is 0.338 e. The number of urea groups is 1. The molecule has 0 aromatic rings. The number of nitrogens with one attached hydrogen (secondary N) is 2. The first kappa shape index (κ1) is 17.8. The number of carbonyl (C=O) groups is 1. The van der Waals surface area contributed by atoms with Crippen molar-refractivity contribution in [3.8, 4) is 6.07 Å². The summed E-state index contributed by atoms with van der Waals surface area (Å²) >= 11 is 0. The molecule has 19 heavy (non-hydrogen) atoms. The average Bonchev–Trinajstić information content (AvgIpc) is 2.41. The molecule has 110 valence electrons. The molecule has 4 nitrogen and oxygen atoms in total. The van der Waals surface area contributed by atoms with Crippen LogP contribution in [0.3, 0.4) is 0 Å². The van der Waals surface area contributed by atoms with Gasteiger partial charge in [0, 0.05) is 19.5 Å². The van der Waals surface area contributed by atoms with Crippen LogP contribution in [0.25, 0.3) is 0 Å². The number of hydrogen-bond donors (Lipinski definition) is 2. The third kappa shape index (κ3) is 14.7. The molecule has 0 unspecified atom stereocenters. The van der Waals surface area contributed by atoms with E-state index in [1.54, 1.807) is 0 Å². The maximum absolute atomic E-state index is 11.4. The number of rotatable bonds is 12. The first-order valence-electron chi connectivity index (χ1n) is 7.70. The van der Waals surface area contributed by atoms with E-state index in [4.69, 9.17) is 5.26 Å². The van der Waals surface area contributed by atoms with Gasteiger partial charge in [-0.1, -0.05) is 45.4 Å². The van der Waals surface area contributed by atoms with Gasteiger partial charge in [0.1, 0.15) is 0 Å². The minimum Gasteiger partial charge on any atom is -0.338 e. The fraction of sp³-hybridized carbons (Fsp3) is 0.867. The van der Waals surface area contributed by atoms with E-state index in [1.165, 1.54) is 32.1 Å². The number of amides is 2. The second kappa shape index (κ2) is 14.8.